The molecule has 0 atom stereocenters. The zero-order valence-electron chi connectivity index (χ0n) is 4.60. The molecule has 6 nitrogen and oxygen atoms in total. The quantitative estimate of drug-likeness (QED) is 0.300. The molecule has 4 N–H and O–H groups in total. The molecule has 0 radical (unpaired) electrons. The van der Waals surface area contributed by atoms with Gasteiger partial charge in [-0.2, -0.15) is 0 Å². The molecule has 0 aliphatic carbocycles. The van der Waals surface area contributed by atoms with Crippen molar-refractivity contribution >= 4 is 38.7 Å². The van der Waals surface area contributed by atoms with E-state index in [0.29, 0.717) is 0 Å². The zero-order valence-corrected chi connectivity index (χ0v) is 7.42. The number of nitrogens with two attached hydrogens (primary N) is 1. The second-order valence-electron chi connectivity index (χ2n) is 1.07. The third-order valence-corrected chi connectivity index (χ3v) is 0. The van der Waals surface area contributed by atoms with Gasteiger partial charge in [0.2, 0.25) is 0 Å². The molecule has 0 aromatic heterocycles. The van der Waals surface area contributed by atoms with Gasteiger partial charge in [-0.05, 0) is 0 Å². The van der Waals surface area contributed by atoms with Crippen molar-refractivity contribution in [1.82, 2.24) is 0 Å². The first-order chi connectivity index (χ1) is 3.73. The predicted octanol–water partition coefficient (Wildman–Crippen LogP) is -1.42. The average Bonchev–Trinajstić information content (AvgIpc) is 1.19. The molecule has 50 valence electrons. The molecule has 0 saturated heterocycles. The third-order valence-electron chi connectivity index (χ3n) is 0. The van der Waals surface area contributed by atoms with Crippen LogP contribution in [0.25, 0.3) is 0 Å². The van der Waals surface area contributed by atoms with Crippen LogP contribution in [0.5, 0.6) is 0 Å². The average molecular weight is 165 g/mol. The molecule has 0 rings (SSSR count). The van der Waals surface area contributed by atoms with Gasteiger partial charge in [0.25, 0.3) is 0 Å². The van der Waals surface area contributed by atoms with Crippen LogP contribution in [0.4, 0.5) is 4.79 Å². The van der Waals surface area contributed by atoms with Gasteiger partial charge < -0.3 is 10.8 Å². The number of hydrogen-bond donors (Lipinski definition) is 3. The van der Waals surface area contributed by atoms with Gasteiger partial charge in [-0.1, -0.05) is 0 Å². The Balaban J connectivity index is 0. The van der Waals surface area contributed by atoms with Gasteiger partial charge in [-0.15, -0.1) is 0 Å². The third kappa shape index (κ3) is 9640. The van der Waals surface area contributed by atoms with E-state index in [1.165, 1.54) is 0 Å². The van der Waals surface area contributed by atoms with E-state index in [1.54, 1.807) is 0 Å². The van der Waals surface area contributed by atoms with Gasteiger partial charge in [0.1, 0.15) is 0 Å². The van der Waals surface area contributed by atoms with Gasteiger partial charge in [0.05, 0.1) is 0 Å². The Morgan fingerprint density at radius 1 is 1.56 bits per heavy atom. The molecule has 0 aromatic rings. The molecule has 1 amide bonds. The normalized spacial score (nSPS) is 9.22. The Morgan fingerprint density at radius 2 is 1.56 bits per heavy atom. The van der Waals surface area contributed by atoms with Crippen LogP contribution in [-0.2, 0) is 6.24 Å². The first kappa shape index (κ1) is 11.9. The van der Waals surface area contributed by atoms with Crippen molar-refractivity contribution in [3.63, 3.8) is 0 Å². The number of hydrogen-bond acceptors (Lipinski definition) is 3. The Hall–Kier alpha value is 0.180. The van der Waals surface area contributed by atoms with Crippen molar-refractivity contribution in [2.24, 2.45) is 5.73 Å². The van der Waals surface area contributed by atoms with E-state index in [9.17, 15) is 8.42 Å². The van der Waals surface area contributed by atoms with Gasteiger partial charge >= 0.3 is 51.7 Å². The summed E-state index contributed by atoms with van der Waals surface area (Å²) in [7, 11) is 0. The Morgan fingerprint density at radius 3 is 1.56 bits per heavy atom. The molecular weight excluding hydrogens is 161 g/mol. The van der Waals surface area contributed by atoms with Gasteiger partial charge in [0, 0.05) is 0 Å². The van der Waals surface area contributed by atoms with Crippen LogP contribution in [0.1, 0.15) is 0 Å². The van der Waals surface area contributed by atoms with E-state index >= 15 is 0 Å². The number of primary amides is 1. The fourth-order valence-corrected chi connectivity index (χ4v) is 0. The molecule has 0 aromatic carbocycles. The van der Waals surface area contributed by atoms with Crippen LogP contribution in [0, 0.1) is 0 Å². The number of carbonyl (C=O) groups is 1. The van der Waals surface area contributed by atoms with E-state index < -0.39 is 12.3 Å². The Bertz CT molecular complexity index is 159. The van der Waals surface area contributed by atoms with Crippen molar-refractivity contribution in [2.45, 2.75) is 0 Å². The Kier molecular flexibility index (Phi) is 6.62. The van der Waals surface area contributed by atoms with Crippen molar-refractivity contribution in [2.75, 3.05) is 0 Å². The summed E-state index contributed by atoms with van der Waals surface area (Å²) in [5.41, 5.74) is 4.03. The maximum atomic E-state index is 9.25. The fraction of sp³-hybridized carbons (Fsp3) is 0. The summed E-state index contributed by atoms with van der Waals surface area (Å²) in [6.07, 6.45) is -4.86. The minimum absolute atomic E-state index is 0.164. The topological polar surface area (TPSA) is 118 Å². The van der Waals surface area contributed by atoms with E-state index in [1.807, 2.05) is 0 Å². The van der Waals surface area contributed by atoms with Crippen molar-refractivity contribution < 1.29 is 22.9 Å². The molecular formula is CH4NNaO5S. The molecule has 0 heterocycles. The van der Waals surface area contributed by atoms with E-state index in [2.05, 4.69) is 5.73 Å². The monoisotopic (exact) mass is 165 g/mol. The summed E-state index contributed by atoms with van der Waals surface area (Å²) in [5.74, 6) is 0. The summed E-state index contributed by atoms with van der Waals surface area (Å²) in [5, 5.41) is 7.19. The standard InChI is InChI=1S/CH3NO2.Na.HO3S/c2-1(3)4;;1-4(2)3/h2H2,(H,3,4);;(H,1,2,3). The molecule has 8 heteroatoms. The second kappa shape index (κ2) is 5.00. The maximum absolute atomic E-state index is 9.25. The van der Waals surface area contributed by atoms with Gasteiger partial charge in [-0.25, -0.2) is 4.79 Å². The van der Waals surface area contributed by atoms with Crippen LogP contribution >= 0.6 is 0 Å². The first-order valence-electron chi connectivity index (χ1n) is 1.64. The zero-order chi connectivity index (χ0) is 8.08. The second-order valence-corrected chi connectivity index (χ2v) is 5.63. The molecule has 0 aliphatic heterocycles. The van der Waals surface area contributed by atoms with Crippen LogP contribution < -0.4 is 5.73 Å². The SMILES string of the molecule is NC(=O)O.O=[S](=O)(O)[Na]. The van der Waals surface area contributed by atoms with Crippen molar-refractivity contribution in [3.05, 3.63) is 0 Å². The summed E-state index contributed by atoms with van der Waals surface area (Å²) in [4.78, 5) is 8.78. The van der Waals surface area contributed by atoms with Crippen molar-refractivity contribution in [1.29, 1.82) is 0 Å². The Labute approximate surface area is 67.2 Å². The first-order valence-corrected chi connectivity index (χ1v) is 5.94. The molecule has 0 unspecified atom stereocenters. The predicted molar refractivity (Wildman–Crippen MR) is 29.5 cm³/mol. The molecule has 0 spiro atoms. The summed E-state index contributed by atoms with van der Waals surface area (Å²) in [6.45, 7) is 0. The van der Waals surface area contributed by atoms with Crippen LogP contribution in [0.3, 0.4) is 0 Å². The van der Waals surface area contributed by atoms with Crippen LogP contribution in [0.15, 0.2) is 0 Å². The molecule has 0 fully saturated rings. The summed E-state index contributed by atoms with van der Waals surface area (Å²) < 4.78 is 26.1. The van der Waals surface area contributed by atoms with Crippen molar-refractivity contribution in [3.8, 4) is 0 Å². The van der Waals surface area contributed by atoms with E-state index in [4.69, 9.17) is 14.5 Å². The molecule has 9 heavy (non-hydrogen) atoms. The number of rotatable bonds is 0. The van der Waals surface area contributed by atoms with Gasteiger partial charge in [-0.3, -0.25) is 0 Å². The number of carboxylic acid groups (broad SMARTS) is 1. The van der Waals surface area contributed by atoms with Crippen LogP contribution in [0.2, 0.25) is 0 Å². The summed E-state index contributed by atoms with van der Waals surface area (Å²) in [6, 6.07) is 0. The molecule has 0 saturated carbocycles. The fourth-order valence-electron chi connectivity index (χ4n) is 0. The van der Waals surface area contributed by atoms with E-state index in [0.717, 1.165) is 0 Å². The molecule has 0 bridgehead atoms. The minimum atomic E-state index is -3.53. The van der Waals surface area contributed by atoms with Crippen LogP contribution in [-0.4, -0.2) is 50.5 Å². The summed E-state index contributed by atoms with van der Waals surface area (Å²) >= 11 is -0.164. The van der Waals surface area contributed by atoms with Gasteiger partial charge in [0.15, 0.2) is 0 Å². The molecule has 0 aliphatic rings. The van der Waals surface area contributed by atoms with E-state index in [-0.39, 0.29) is 26.4 Å². The number of amides is 1.